The Morgan fingerprint density at radius 1 is 1.23 bits per heavy atom. The Morgan fingerprint density at radius 3 is 2.32 bits per heavy atom. The van der Waals surface area contributed by atoms with Gasteiger partial charge < -0.3 is 10.6 Å². The maximum absolute atomic E-state index is 12.7. The monoisotopic (exact) mass is 324 g/mol. The Hall–Kier alpha value is -1.06. The lowest BCUT2D eigenvalue weighted by atomic mass is 9.86. The summed E-state index contributed by atoms with van der Waals surface area (Å²) in [5, 5.41) is 0. The van der Waals surface area contributed by atoms with Crippen LogP contribution in [0.2, 0.25) is 0 Å². The van der Waals surface area contributed by atoms with Crippen LogP contribution in [-0.4, -0.2) is 29.4 Å². The molecule has 2 N–H and O–H groups in total. The van der Waals surface area contributed by atoms with Crippen LogP contribution in [0.1, 0.15) is 62.9 Å². The number of halogens is 1. The summed E-state index contributed by atoms with van der Waals surface area (Å²) < 4.78 is 0. The molecule has 4 heteroatoms. The number of nitrogens with two attached hydrogens (primary N) is 1. The van der Waals surface area contributed by atoms with Crippen molar-refractivity contribution in [1.29, 1.82) is 0 Å². The van der Waals surface area contributed by atoms with Gasteiger partial charge >= 0.3 is 0 Å². The van der Waals surface area contributed by atoms with Gasteiger partial charge in [-0.3, -0.25) is 4.79 Å². The summed E-state index contributed by atoms with van der Waals surface area (Å²) in [4.78, 5) is 14.7. The quantitative estimate of drug-likeness (QED) is 0.900. The molecule has 124 valence electrons. The highest BCUT2D eigenvalue weighted by atomic mass is 35.5. The van der Waals surface area contributed by atoms with E-state index in [2.05, 4.69) is 32.9 Å². The maximum Gasteiger partial charge on any atom is 0.254 e. The van der Waals surface area contributed by atoms with Crippen molar-refractivity contribution in [2.24, 2.45) is 5.73 Å². The zero-order chi connectivity index (χ0) is 15.6. The fourth-order valence-corrected chi connectivity index (χ4v) is 3.03. The zero-order valence-electron chi connectivity index (χ0n) is 14.1. The van der Waals surface area contributed by atoms with Gasteiger partial charge in [0.2, 0.25) is 0 Å². The number of carbonyl (C=O) groups excluding carboxylic acids is 1. The highest BCUT2D eigenvalue weighted by molar-refractivity contribution is 5.94. The van der Waals surface area contributed by atoms with E-state index < -0.39 is 0 Å². The number of hydrogen-bond acceptors (Lipinski definition) is 2. The minimum atomic E-state index is 0. The summed E-state index contributed by atoms with van der Waals surface area (Å²) >= 11 is 0. The lowest BCUT2D eigenvalue weighted by Gasteiger charge is -2.38. The van der Waals surface area contributed by atoms with Crippen molar-refractivity contribution in [3.63, 3.8) is 0 Å². The Kier molecular flexibility index (Phi) is 6.45. The molecule has 1 amide bonds. The smallest absolute Gasteiger partial charge is 0.254 e. The van der Waals surface area contributed by atoms with E-state index in [0.29, 0.717) is 0 Å². The second kappa shape index (κ2) is 7.47. The number of piperidine rings is 1. The molecular formula is C18H29ClN2O. The molecule has 0 bridgehead atoms. The molecule has 0 aromatic heterocycles. The van der Waals surface area contributed by atoms with E-state index in [9.17, 15) is 4.79 Å². The first-order chi connectivity index (χ1) is 9.80. The number of amides is 1. The fraction of sp³-hybridized carbons (Fsp3) is 0.611. The number of hydrogen-bond donors (Lipinski definition) is 1. The number of likely N-dealkylation sites (tertiary alicyclic amines) is 1. The lowest BCUT2D eigenvalue weighted by Crippen LogP contribution is -2.51. The van der Waals surface area contributed by atoms with Crippen molar-refractivity contribution in [2.45, 2.75) is 64.5 Å². The molecule has 22 heavy (non-hydrogen) atoms. The van der Waals surface area contributed by atoms with Crippen LogP contribution in [0.4, 0.5) is 0 Å². The maximum atomic E-state index is 12.7. The molecule has 2 rings (SSSR count). The number of benzene rings is 1. The molecule has 1 heterocycles. The van der Waals surface area contributed by atoms with E-state index in [1.165, 1.54) is 12.0 Å². The van der Waals surface area contributed by atoms with Gasteiger partial charge in [-0.25, -0.2) is 0 Å². The van der Waals surface area contributed by atoms with Crippen LogP contribution < -0.4 is 5.73 Å². The first-order valence-corrected chi connectivity index (χ1v) is 7.98. The summed E-state index contributed by atoms with van der Waals surface area (Å²) in [5.74, 6) is 0.123. The van der Waals surface area contributed by atoms with Crippen molar-refractivity contribution in [3.8, 4) is 0 Å². The fourth-order valence-electron chi connectivity index (χ4n) is 3.03. The van der Waals surface area contributed by atoms with Crippen molar-refractivity contribution in [2.75, 3.05) is 6.54 Å². The van der Waals surface area contributed by atoms with Gasteiger partial charge in [0.25, 0.3) is 5.91 Å². The molecule has 1 aromatic carbocycles. The van der Waals surface area contributed by atoms with Gasteiger partial charge in [-0.05, 0) is 49.3 Å². The van der Waals surface area contributed by atoms with Gasteiger partial charge in [-0.2, -0.15) is 0 Å². The number of nitrogens with zero attached hydrogens (tertiary/aromatic N) is 1. The second-order valence-electron chi connectivity index (χ2n) is 7.25. The number of rotatable bonds is 2. The third-order valence-electron chi connectivity index (χ3n) is 4.41. The van der Waals surface area contributed by atoms with Crippen LogP contribution in [0, 0.1) is 0 Å². The number of carbonyl (C=O) groups is 1. The molecular weight excluding hydrogens is 296 g/mol. The standard InChI is InChI=1S/C18H28N2O.ClH/c1-13(19)16-7-5-6-12-20(16)17(21)14-8-10-15(11-9-14)18(2,3)4;/h8-11,13,16H,5-7,12,19H2,1-4H3;1H. The average molecular weight is 325 g/mol. The minimum Gasteiger partial charge on any atom is -0.334 e. The summed E-state index contributed by atoms with van der Waals surface area (Å²) in [7, 11) is 0. The zero-order valence-corrected chi connectivity index (χ0v) is 15.0. The van der Waals surface area contributed by atoms with Gasteiger partial charge in [0.15, 0.2) is 0 Å². The highest BCUT2D eigenvalue weighted by Crippen LogP contribution is 2.24. The predicted octanol–water partition coefficient (Wildman–Crippen LogP) is 3.75. The molecule has 1 saturated heterocycles. The van der Waals surface area contributed by atoms with Crippen molar-refractivity contribution in [3.05, 3.63) is 35.4 Å². The van der Waals surface area contributed by atoms with Gasteiger partial charge in [0.1, 0.15) is 0 Å². The normalized spacial score (nSPS) is 20.2. The topological polar surface area (TPSA) is 46.3 Å². The van der Waals surface area contributed by atoms with Gasteiger partial charge in [0.05, 0.1) is 0 Å². The SMILES string of the molecule is CC(N)C1CCCCN1C(=O)c1ccc(C(C)(C)C)cc1.Cl. The van der Waals surface area contributed by atoms with Crippen LogP contribution in [0.25, 0.3) is 0 Å². The second-order valence-corrected chi connectivity index (χ2v) is 7.25. The molecule has 0 radical (unpaired) electrons. The third-order valence-corrected chi connectivity index (χ3v) is 4.41. The van der Waals surface area contributed by atoms with Crippen molar-refractivity contribution < 1.29 is 4.79 Å². The van der Waals surface area contributed by atoms with E-state index in [1.54, 1.807) is 0 Å². The van der Waals surface area contributed by atoms with Crippen molar-refractivity contribution >= 4 is 18.3 Å². The summed E-state index contributed by atoms with van der Waals surface area (Å²) in [6.07, 6.45) is 3.26. The molecule has 1 fully saturated rings. The van der Waals surface area contributed by atoms with Crippen LogP contribution in [0.5, 0.6) is 0 Å². The molecule has 0 spiro atoms. The average Bonchev–Trinajstić information content (AvgIpc) is 2.45. The van der Waals surface area contributed by atoms with E-state index in [-0.39, 0.29) is 35.8 Å². The van der Waals surface area contributed by atoms with E-state index in [0.717, 1.165) is 24.9 Å². The molecule has 1 aliphatic heterocycles. The van der Waals surface area contributed by atoms with E-state index in [4.69, 9.17) is 5.73 Å². The van der Waals surface area contributed by atoms with E-state index >= 15 is 0 Å². The first kappa shape index (κ1) is 19.0. The van der Waals surface area contributed by atoms with Gasteiger partial charge in [0, 0.05) is 24.2 Å². The van der Waals surface area contributed by atoms with Crippen LogP contribution >= 0.6 is 12.4 Å². The molecule has 2 atom stereocenters. The van der Waals surface area contributed by atoms with Crippen molar-refractivity contribution in [1.82, 2.24) is 4.90 Å². The molecule has 3 nitrogen and oxygen atoms in total. The van der Waals surface area contributed by atoms with Crippen LogP contribution in [0.3, 0.4) is 0 Å². The van der Waals surface area contributed by atoms with Crippen LogP contribution in [-0.2, 0) is 5.41 Å². The van der Waals surface area contributed by atoms with Gasteiger partial charge in [-0.1, -0.05) is 32.9 Å². The highest BCUT2D eigenvalue weighted by Gasteiger charge is 2.29. The summed E-state index contributed by atoms with van der Waals surface area (Å²) in [6, 6.07) is 8.25. The largest absolute Gasteiger partial charge is 0.334 e. The summed E-state index contributed by atoms with van der Waals surface area (Å²) in [6.45, 7) is 9.37. The molecule has 0 aliphatic carbocycles. The molecule has 2 unspecified atom stereocenters. The van der Waals surface area contributed by atoms with E-state index in [1.807, 2.05) is 24.0 Å². The lowest BCUT2D eigenvalue weighted by molar-refractivity contribution is 0.0584. The Morgan fingerprint density at radius 2 is 1.82 bits per heavy atom. The Bertz CT molecular complexity index is 491. The Labute approximate surface area is 140 Å². The summed E-state index contributed by atoms with van der Waals surface area (Å²) in [5.41, 5.74) is 8.20. The molecule has 0 saturated carbocycles. The molecule has 1 aliphatic rings. The minimum absolute atomic E-state index is 0. The Balaban J connectivity index is 0.00000242. The first-order valence-electron chi connectivity index (χ1n) is 7.98. The van der Waals surface area contributed by atoms with Gasteiger partial charge in [-0.15, -0.1) is 12.4 Å². The molecule has 1 aromatic rings. The third kappa shape index (κ3) is 4.23. The van der Waals surface area contributed by atoms with Crippen LogP contribution in [0.15, 0.2) is 24.3 Å². The predicted molar refractivity (Wildman–Crippen MR) is 94.7 cm³/mol.